The Morgan fingerprint density at radius 3 is 2.68 bits per heavy atom. The zero-order valence-electron chi connectivity index (χ0n) is 11.7. The molecular formula is C14H20N4O. The van der Waals surface area contributed by atoms with Crippen LogP contribution >= 0.6 is 0 Å². The average molecular weight is 260 g/mol. The molecule has 102 valence electrons. The molecule has 0 bridgehead atoms. The van der Waals surface area contributed by atoms with Crippen molar-refractivity contribution in [1.29, 1.82) is 0 Å². The van der Waals surface area contributed by atoms with Crippen molar-refractivity contribution < 1.29 is 5.11 Å². The van der Waals surface area contributed by atoms with E-state index in [0.29, 0.717) is 0 Å². The zero-order chi connectivity index (χ0) is 13.8. The molecule has 2 rings (SSSR count). The molecule has 0 unspecified atom stereocenters. The Morgan fingerprint density at radius 1 is 1.32 bits per heavy atom. The number of nitrogens with zero attached hydrogens (tertiary/aromatic N) is 4. The van der Waals surface area contributed by atoms with E-state index in [2.05, 4.69) is 21.9 Å². The molecule has 0 aliphatic carbocycles. The monoisotopic (exact) mass is 260 g/mol. The van der Waals surface area contributed by atoms with Gasteiger partial charge < -0.3 is 10.0 Å². The lowest BCUT2D eigenvalue weighted by Gasteiger charge is -2.19. The van der Waals surface area contributed by atoms with Crippen molar-refractivity contribution in [3.8, 4) is 0 Å². The number of hydrogen-bond acceptors (Lipinski definition) is 4. The van der Waals surface area contributed by atoms with Gasteiger partial charge in [-0.15, -0.1) is 0 Å². The lowest BCUT2D eigenvalue weighted by molar-refractivity contribution is 0.281. The molecule has 2 aromatic rings. The first-order valence-electron chi connectivity index (χ1n) is 6.41. The number of anilines is 1. The predicted molar refractivity (Wildman–Crippen MR) is 74.9 cm³/mol. The van der Waals surface area contributed by atoms with Gasteiger partial charge in [-0.25, -0.2) is 4.98 Å². The van der Waals surface area contributed by atoms with E-state index in [0.717, 1.165) is 35.6 Å². The van der Waals surface area contributed by atoms with Gasteiger partial charge in [0.2, 0.25) is 0 Å². The van der Waals surface area contributed by atoms with Crippen LogP contribution < -0.4 is 4.90 Å². The summed E-state index contributed by atoms with van der Waals surface area (Å²) in [6.07, 6.45) is 4.71. The van der Waals surface area contributed by atoms with Crippen molar-refractivity contribution in [1.82, 2.24) is 14.8 Å². The van der Waals surface area contributed by atoms with Crippen LogP contribution in [0.1, 0.15) is 23.7 Å². The number of aryl methyl sites for hydroxylation is 2. The van der Waals surface area contributed by atoms with E-state index in [1.54, 1.807) is 4.68 Å². The summed E-state index contributed by atoms with van der Waals surface area (Å²) in [6, 6.07) is 3.87. The Balaban J connectivity index is 2.20. The second-order valence-electron chi connectivity index (χ2n) is 4.71. The summed E-state index contributed by atoms with van der Waals surface area (Å²) in [5.74, 6) is 0.882. The number of aromatic nitrogens is 3. The van der Waals surface area contributed by atoms with Crippen LogP contribution in [0.4, 0.5) is 5.82 Å². The molecule has 0 aromatic carbocycles. The fourth-order valence-electron chi connectivity index (χ4n) is 2.01. The fraction of sp³-hybridized carbons (Fsp3) is 0.429. The van der Waals surface area contributed by atoms with Crippen molar-refractivity contribution in [3.63, 3.8) is 0 Å². The highest BCUT2D eigenvalue weighted by Gasteiger charge is 2.08. The molecule has 1 N–H and O–H groups in total. The minimum absolute atomic E-state index is 0.0449. The van der Waals surface area contributed by atoms with Crippen LogP contribution in [0, 0.1) is 0 Å². The fourth-order valence-corrected chi connectivity index (χ4v) is 2.01. The highest BCUT2D eigenvalue weighted by atomic mass is 16.3. The van der Waals surface area contributed by atoms with Crippen LogP contribution in [0.3, 0.4) is 0 Å². The molecule has 0 fully saturated rings. The van der Waals surface area contributed by atoms with E-state index in [-0.39, 0.29) is 6.61 Å². The highest BCUT2D eigenvalue weighted by Crippen LogP contribution is 2.16. The molecule has 0 spiro atoms. The minimum Gasteiger partial charge on any atom is -0.392 e. The van der Waals surface area contributed by atoms with Crippen molar-refractivity contribution >= 4 is 5.82 Å². The Morgan fingerprint density at radius 2 is 2.11 bits per heavy atom. The molecule has 0 saturated heterocycles. The van der Waals surface area contributed by atoms with Gasteiger partial charge >= 0.3 is 0 Å². The summed E-state index contributed by atoms with van der Waals surface area (Å²) >= 11 is 0. The zero-order valence-corrected chi connectivity index (χ0v) is 11.7. The Labute approximate surface area is 113 Å². The second-order valence-corrected chi connectivity index (χ2v) is 4.71. The van der Waals surface area contributed by atoms with Gasteiger partial charge in [0.05, 0.1) is 12.8 Å². The smallest absolute Gasteiger partial charge is 0.129 e. The van der Waals surface area contributed by atoms with E-state index < -0.39 is 0 Å². The Hall–Kier alpha value is -1.88. The van der Waals surface area contributed by atoms with Crippen LogP contribution in [0.15, 0.2) is 24.5 Å². The first kappa shape index (κ1) is 13.5. The maximum absolute atomic E-state index is 9.30. The second kappa shape index (κ2) is 5.84. The number of aliphatic hydroxyl groups is 1. The molecule has 0 aliphatic heterocycles. The van der Waals surface area contributed by atoms with Crippen molar-refractivity contribution in [2.24, 2.45) is 7.05 Å². The standard InChI is InChI=1S/C14H20N4O/c1-4-13-5-11(10-19)6-14(16-13)17(2)8-12-7-15-18(3)9-12/h5-7,9,19H,4,8,10H2,1-3H3. The summed E-state index contributed by atoms with van der Waals surface area (Å²) in [5, 5.41) is 13.5. The summed E-state index contributed by atoms with van der Waals surface area (Å²) < 4.78 is 1.79. The third-order valence-electron chi connectivity index (χ3n) is 3.04. The third kappa shape index (κ3) is 3.32. The lowest BCUT2D eigenvalue weighted by atomic mass is 10.2. The van der Waals surface area contributed by atoms with Crippen molar-refractivity contribution in [2.75, 3.05) is 11.9 Å². The molecule has 0 aliphatic rings. The summed E-state index contributed by atoms with van der Waals surface area (Å²) in [6.45, 7) is 2.86. The van der Waals surface area contributed by atoms with Crippen molar-refractivity contribution in [2.45, 2.75) is 26.5 Å². The summed E-state index contributed by atoms with van der Waals surface area (Å²) in [7, 11) is 3.90. The summed E-state index contributed by atoms with van der Waals surface area (Å²) in [5.41, 5.74) is 3.04. The van der Waals surface area contributed by atoms with E-state index >= 15 is 0 Å². The van der Waals surface area contributed by atoms with Gasteiger partial charge in [-0.3, -0.25) is 4.68 Å². The molecule has 5 heteroatoms. The van der Waals surface area contributed by atoms with Crippen LogP contribution in [0.25, 0.3) is 0 Å². The molecule has 0 radical (unpaired) electrons. The molecule has 0 amide bonds. The van der Waals surface area contributed by atoms with Crippen LogP contribution in [0.2, 0.25) is 0 Å². The van der Waals surface area contributed by atoms with E-state index in [9.17, 15) is 5.11 Å². The first-order valence-corrected chi connectivity index (χ1v) is 6.41. The van der Waals surface area contributed by atoms with E-state index in [1.807, 2.05) is 38.6 Å². The normalized spacial score (nSPS) is 10.7. The Kier molecular flexibility index (Phi) is 4.16. The number of aliphatic hydroxyl groups excluding tert-OH is 1. The maximum atomic E-state index is 9.30. The first-order chi connectivity index (χ1) is 9.12. The molecule has 2 aromatic heterocycles. The van der Waals surface area contributed by atoms with Gasteiger partial charge in [-0.1, -0.05) is 6.92 Å². The maximum Gasteiger partial charge on any atom is 0.129 e. The van der Waals surface area contributed by atoms with Gasteiger partial charge in [0, 0.05) is 38.1 Å². The number of hydrogen-bond donors (Lipinski definition) is 1. The predicted octanol–water partition coefficient (Wildman–Crippen LogP) is 1.51. The largest absolute Gasteiger partial charge is 0.392 e. The summed E-state index contributed by atoms with van der Waals surface area (Å²) in [4.78, 5) is 6.66. The lowest BCUT2D eigenvalue weighted by Crippen LogP contribution is -2.18. The number of pyridine rings is 1. The molecule has 0 saturated carbocycles. The van der Waals surface area contributed by atoms with Crippen LogP contribution in [-0.2, 0) is 26.6 Å². The third-order valence-corrected chi connectivity index (χ3v) is 3.04. The SMILES string of the molecule is CCc1cc(CO)cc(N(C)Cc2cnn(C)c2)n1. The number of rotatable bonds is 5. The van der Waals surface area contributed by atoms with E-state index in [1.165, 1.54) is 0 Å². The Bertz CT molecular complexity index is 528. The van der Waals surface area contributed by atoms with Gasteiger partial charge in [-0.05, 0) is 24.1 Å². The molecule has 19 heavy (non-hydrogen) atoms. The van der Waals surface area contributed by atoms with Gasteiger partial charge in [0.15, 0.2) is 0 Å². The average Bonchev–Trinajstić information content (AvgIpc) is 2.83. The van der Waals surface area contributed by atoms with Gasteiger partial charge in [-0.2, -0.15) is 5.10 Å². The molecule has 5 nitrogen and oxygen atoms in total. The van der Waals surface area contributed by atoms with Crippen molar-refractivity contribution in [3.05, 3.63) is 41.3 Å². The topological polar surface area (TPSA) is 54.2 Å². The molecule has 2 heterocycles. The van der Waals surface area contributed by atoms with Crippen LogP contribution in [-0.4, -0.2) is 26.9 Å². The molecule has 0 atom stereocenters. The minimum atomic E-state index is 0.0449. The molecular weight excluding hydrogens is 240 g/mol. The quantitative estimate of drug-likeness (QED) is 0.885. The van der Waals surface area contributed by atoms with Gasteiger partial charge in [0.1, 0.15) is 5.82 Å². The van der Waals surface area contributed by atoms with E-state index in [4.69, 9.17) is 0 Å². The van der Waals surface area contributed by atoms with Gasteiger partial charge in [0.25, 0.3) is 0 Å². The van der Waals surface area contributed by atoms with Crippen LogP contribution in [0.5, 0.6) is 0 Å². The highest BCUT2D eigenvalue weighted by molar-refractivity contribution is 5.42.